The lowest BCUT2D eigenvalue weighted by molar-refractivity contribution is 0.354. The normalized spacial score (nSPS) is 12.5. The van der Waals surface area contributed by atoms with Gasteiger partial charge in [0.25, 0.3) is 0 Å². The molecule has 6 nitrogen and oxygen atoms in total. The first-order chi connectivity index (χ1) is 11.7. The van der Waals surface area contributed by atoms with Gasteiger partial charge in [0.2, 0.25) is 0 Å². The van der Waals surface area contributed by atoms with Gasteiger partial charge in [-0.1, -0.05) is 0 Å². The molecule has 0 fully saturated rings. The minimum absolute atomic E-state index is 0.721. The minimum Gasteiger partial charge on any atom is -0.493 e. The summed E-state index contributed by atoms with van der Waals surface area (Å²) < 4.78 is 13.2. The number of hydrogen-bond acceptors (Lipinski definition) is 5. The van der Waals surface area contributed by atoms with Crippen molar-refractivity contribution in [2.24, 2.45) is 0 Å². The first kappa shape index (κ1) is 14.7. The average molecular weight is 322 g/mol. The molecule has 122 valence electrons. The number of methoxy groups -OCH3 is 2. The predicted molar refractivity (Wildman–Crippen MR) is 90.2 cm³/mol. The lowest BCUT2D eigenvalue weighted by Crippen LogP contribution is -2.12. The van der Waals surface area contributed by atoms with Crippen LogP contribution in [0.5, 0.6) is 11.5 Å². The smallest absolute Gasteiger partial charge is 0.161 e. The van der Waals surface area contributed by atoms with E-state index in [1.54, 1.807) is 26.6 Å². The fraction of sp³-hybridized carbons (Fsp3) is 0.278. The average Bonchev–Trinajstić information content (AvgIpc) is 2.98. The van der Waals surface area contributed by atoms with Crippen LogP contribution < -0.4 is 9.47 Å². The molecule has 0 N–H and O–H groups in total. The van der Waals surface area contributed by atoms with Gasteiger partial charge in [-0.25, -0.2) is 15.0 Å². The Morgan fingerprint density at radius 3 is 2.46 bits per heavy atom. The highest BCUT2D eigenvalue weighted by Gasteiger charge is 2.26. The number of aromatic nitrogens is 4. The number of aryl methyl sites for hydroxylation is 2. The van der Waals surface area contributed by atoms with E-state index in [2.05, 4.69) is 20.6 Å². The summed E-state index contributed by atoms with van der Waals surface area (Å²) in [6, 6.07) is 4.10. The second-order valence-electron chi connectivity index (χ2n) is 5.75. The maximum Gasteiger partial charge on any atom is 0.161 e. The first-order valence-electron chi connectivity index (χ1n) is 7.80. The number of imidazole rings is 1. The van der Waals surface area contributed by atoms with Crippen molar-refractivity contribution in [3.63, 3.8) is 0 Å². The molecule has 1 aliphatic heterocycles. The monoisotopic (exact) mass is 322 g/mol. The summed E-state index contributed by atoms with van der Waals surface area (Å²) >= 11 is 0. The zero-order valence-electron chi connectivity index (χ0n) is 13.9. The van der Waals surface area contributed by atoms with Gasteiger partial charge in [-0.05, 0) is 31.0 Å². The molecule has 4 rings (SSSR count). The van der Waals surface area contributed by atoms with E-state index in [0.29, 0.717) is 0 Å². The van der Waals surface area contributed by atoms with Crippen LogP contribution in [-0.2, 0) is 13.0 Å². The predicted octanol–water partition coefficient (Wildman–Crippen LogP) is 2.89. The maximum atomic E-state index is 5.49. The van der Waals surface area contributed by atoms with Crippen LogP contribution in [0.2, 0.25) is 0 Å². The van der Waals surface area contributed by atoms with Gasteiger partial charge in [-0.2, -0.15) is 0 Å². The number of ether oxygens (including phenoxy) is 2. The van der Waals surface area contributed by atoms with Gasteiger partial charge in [0, 0.05) is 30.1 Å². The summed E-state index contributed by atoms with van der Waals surface area (Å²) in [5.41, 5.74) is 5.26. The molecular formula is C18H18N4O2. The van der Waals surface area contributed by atoms with Crippen LogP contribution in [0.1, 0.15) is 11.4 Å². The third-order valence-electron chi connectivity index (χ3n) is 4.46. The summed E-state index contributed by atoms with van der Waals surface area (Å²) in [5, 5.41) is 0. The molecule has 0 spiro atoms. The highest BCUT2D eigenvalue weighted by Crippen LogP contribution is 2.42. The van der Waals surface area contributed by atoms with Crippen LogP contribution in [0.15, 0.2) is 30.9 Å². The number of hydrogen-bond donors (Lipinski definition) is 0. The van der Waals surface area contributed by atoms with Crippen LogP contribution >= 0.6 is 0 Å². The highest BCUT2D eigenvalue weighted by atomic mass is 16.5. The molecule has 0 saturated carbocycles. The molecule has 6 heteroatoms. The summed E-state index contributed by atoms with van der Waals surface area (Å²) in [4.78, 5) is 13.0. The summed E-state index contributed by atoms with van der Waals surface area (Å²) in [7, 11) is 3.32. The Morgan fingerprint density at radius 2 is 1.75 bits per heavy atom. The highest BCUT2D eigenvalue weighted by molar-refractivity contribution is 5.82. The van der Waals surface area contributed by atoms with E-state index in [4.69, 9.17) is 14.5 Å². The zero-order valence-corrected chi connectivity index (χ0v) is 13.9. The van der Waals surface area contributed by atoms with E-state index >= 15 is 0 Å². The van der Waals surface area contributed by atoms with Gasteiger partial charge in [0.15, 0.2) is 11.5 Å². The number of fused-ring (bicyclic) bond motifs is 3. The zero-order chi connectivity index (χ0) is 16.7. The number of rotatable bonds is 3. The Labute approximate surface area is 140 Å². The molecule has 0 bridgehead atoms. The molecular weight excluding hydrogens is 304 g/mol. The van der Waals surface area contributed by atoms with Crippen molar-refractivity contribution in [3.8, 4) is 34.0 Å². The molecule has 1 aliphatic rings. The molecule has 2 aromatic heterocycles. The molecule has 0 aliphatic carbocycles. The van der Waals surface area contributed by atoms with Gasteiger partial charge < -0.3 is 14.0 Å². The maximum absolute atomic E-state index is 5.49. The molecule has 0 saturated heterocycles. The van der Waals surface area contributed by atoms with E-state index in [9.17, 15) is 0 Å². The quantitative estimate of drug-likeness (QED) is 0.742. The third-order valence-corrected chi connectivity index (χ3v) is 4.46. The lowest BCUT2D eigenvalue weighted by Gasteiger charge is -2.22. The first-order valence-corrected chi connectivity index (χ1v) is 7.80. The van der Waals surface area contributed by atoms with Crippen molar-refractivity contribution in [2.45, 2.75) is 19.9 Å². The van der Waals surface area contributed by atoms with Crippen LogP contribution in [-0.4, -0.2) is 33.7 Å². The van der Waals surface area contributed by atoms with Gasteiger partial charge in [-0.15, -0.1) is 0 Å². The topological polar surface area (TPSA) is 62.1 Å². The molecule has 3 heterocycles. The molecule has 3 aromatic rings. The largest absolute Gasteiger partial charge is 0.493 e. The van der Waals surface area contributed by atoms with E-state index in [1.807, 2.05) is 13.0 Å². The van der Waals surface area contributed by atoms with E-state index in [-0.39, 0.29) is 0 Å². The minimum atomic E-state index is 0.721. The Hall–Kier alpha value is -2.89. The fourth-order valence-corrected chi connectivity index (χ4v) is 3.31. The third kappa shape index (κ3) is 2.14. The van der Waals surface area contributed by atoms with Gasteiger partial charge in [0.1, 0.15) is 12.2 Å². The Balaban J connectivity index is 1.98. The molecule has 24 heavy (non-hydrogen) atoms. The van der Waals surface area contributed by atoms with E-state index in [0.717, 1.165) is 52.8 Å². The van der Waals surface area contributed by atoms with Crippen LogP contribution in [0, 0.1) is 6.92 Å². The molecule has 0 atom stereocenters. The SMILES string of the molecule is COc1cc2c(cc1OC)-c1c(-c3cncnc3)nc(C)n1CC2. The summed E-state index contributed by atoms with van der Waals surface area (Å²) in [6.45, 7) is 2.92. The van der Waals surface area contributed by atoms with E-state index < -0.39 is 0 Å². The molecule has 0 amide bonds. The van der Waals surface area contributed by atoms with Crippen LogP contribution in [0.4, 0.5) is 0 Å². The second kappa shape index (κ2) is 5.63. The van der Waals surface area contributed by atoms with Crippen molar-refractivity contribution in [1.82, 2.24) is 19.5 Å². The van der Waals surface area contributed by atoms with E-state index in [1.165, 1.54) is 11.9 Å². The fourth-order valence-electron chi connectivity index (χ4n) is 3.31. The Morgan fingerprint density at radius 1 is 1.04 bits per heavy atom. The van der Waals surface area contributed by atoms with Crippen LogP contribution in [0.25, 0.3) is 22.5 Å². The number of nitrogens with zero attached hydrogens (tertiary/aromatic N) is 4. The number of benzene rings is 1. The molecule has 1 aromatic carbocycles. The van der Waals surface area contributed by atoms with Gasteiger partial charge in [-0.3, -0.25) is 0 Å². The Kier molecular flexibility index (Phi) is 3.45. The lowest BCUT2D eigenvalue weighted by atomic mass is 9.95. The van der Waals surface area contributed by atoms with Crippen molar-refractivity contribution in [1.29, 1.82) is 0 Å². The second-order valence-corrected chi connectivity index (χ2v) is 5.75. The Bertz CT molecular complexity index is 903. The standard InChI is InChI=1S/C18H18N4O2/c1-11-21-17(13-8-19-10-20-9-13)18-14-7-16(24-3)15(23-2)6-12(14)4-5-22(11)18/h6-10H,4-5H2,1-3H3. The van der Waals surface area contributed by atoms with Gasteiger partial charge in [0.05, 0.1) is 25.6 Å². The van der Waals surface area contributed by atoms with Crippen molar-refractivity contribution >= 4 is 0 Å². The summed E-state index contributed by atoms with van der Waals surface area (Å²) in [6.07, 6.45) is 6.06. The molecule has 0 unspecified atom stereocenters. The van der Waals surface area contributed by atoms with Crippen molar-refractivity contribution in [3.05, 3.63) is 42.2 Å². The van der Waals surface area contributed by atoms with Crippen molar-refractivity contribution in [2.75, 3.05) is 14.2 Å². The van der Waals surface area contributed by atoms with Crippen LogP contribution in [0.3, 0.4) is 0 Å². The van der Waals surface area contributed by atoms with Crippen molar-refractivity contribution < 1.29 is 9.47 Å². The van der Waals surface area contributed by atoms with Gasteiger partial charge >= 0.3 is 0 Å². The summed E-state index contributed by atoms with van der Waals surface area (Å²) in [5.74, 6) is 2.47. The molecule has 0 radical (unpaired) electrons.